The Morgan fingerprint density at radius 2 is 1.95 bits per heavy atom. The highest BCUT2D eigenvalue weighted by atomic mass is 19.1. The van der Waals surface area contributed by atoms with Gasteiger partial charge in [0.05, 0.1) is 18.4 Å². The Labute approximate surface area is 114 Å². The van der Waals surface area contributed by atoms with Crippen LogP contribution in [0.5, 0.6) is 5.75 Å². The van der Waals surface area contributed by atoms with E-state index in [1.807, 2.05) is 0 Å². The number of ether oxygens (including phenoxy) is 1. The highest BCUT2D eigenvalue weighted by Gasteiger charge is 2.13. The van der Waals surface area contributed by atoms with Crippen LogP contribution in [0.2, 0.25) is 0 Å². The van der Waals surface area contributed by atoms with Gasteiger partial charge in [0.25, 0.3) is 5.91 Å². The summed E-state index contributed by atoms with van der Waals surface area (Å²) in [6.07, 6.45) is 0. The lowest BCUT2D eigenvalue weighted by molar-refractivity contribution is 0.102. The summed E-state index contributed by atoms with van der Waals surface area (Å²) in [5, 5.41) is 2.27. The van der Waals surface area contributed by atoms with Crippen molar-refractivity contribution in [1.29, 1.82) is 0 Å². The second-order valence-corrected chi connectivity index (χ2v) is 4.03. The average molecular weight is 278 g/mol. The molecule has 0 saturated heterocycles. The first-order valence-electron chi connectivity index (χ1n) is 5.71. The summed E-state index contributed by atoms with van der Waals surface area (Å²) in [5.41, 5.74) is 5.79. The van der Waals surface area contributed by atoms with Crippen molar-refractivity contribution in [2.45, 2.75) is 0 Å². The molecular weight excluding hydrogens is 266 g/mol. The summed E-state index contributed by atoms with van der Waals surface area (Å²) in [4.78, 5) is 12.0. The van der Waals surface area contributed by atoms with E-state index >= 15 is 0 Å². The van der Waals surface area contributed by atoms with E-state index in [1.165, 1.54) is 19.2 Å². The number of hydrogen-bond donors (Lipinski definition) is 2. The van der Waals surface area contributed by atoms with Gasteiger partial charge in [-0.05, 0) is 24.3 Å². The van der Waals surface area contributed by atoms with E-state index in [-0.39, 0.29) is 16.9 Å². The van der Waals surface area contributed by atoms with Crippen molar-refractivity contribution >= 4 is 17.3 Å². The number of nitrogen functional groups attached to an aromatic ring is 1. The van der Waals surface area contributed by atoms with E-state index in [0.29, 0.717) is 5.75 Å². The van der Waals surface area contributed by atoms with E-state index in [9.17, 15) is 13.6 Å². The van der Waals surface area contributed by atoms with Gasteiger partial charge in [0.1, 0.15) is 17.4 Å². The molecule has 104 valence electrons. The van der Waals surface area contributed by atoms with Crippen LogP contribution in [0.3, 0.4) is 0 Å². The molecule has 1 amide bonds. The summed E-state index contributed by atoms with van der Waals surface area (Å²) >= 11 is 0. The lowest BCUT2D eigenvalue weighted by atomic mass is 10.1. The standard InChI is InChI=1S/C14H12F2N2O2/c1-20-9-3-4-10(12(17)7-9)14(19)18-13-6-8(15)2-5-11(13)16/h2-7H,17H2,1H3,(H,18,19). The summed E-state index contributed by atoms with van der Waals surface area (Å²) in [7, 11) is 1.47. The van der Waals surface area contributed by atoms with Crippen molar-refractivity contribution in [2.75, 3.05) is 18.2 Å². The fraction of sp³-hybridized carbons (Fsp3) is 0.0714. The molecule has 0 radical (unpaired) electrons. The first-order chi connectivity index (χ1) is 9.51. The molecule has 0 heterocycles. The van der Waals surface area contributed by atoms with Crippen molar-refractivity contribution in [3.05, 3.63) is 53.6 Å². The number of amides is 1. The second-order valence-electron chi connectivity index (χ2n) is 4.03. The molecular formula is C14H12F2N2O2. The third-order valence-electron chi connectivity index (χ3n) is 2.68. The molecule has 2 aromatic rings. The first kappa shape index (κ1) is 13.8. The number of carbonyl (C=O) groups excluding carboxylic acids is 1. The van der Waals surface area contributed by atoms with Crippen LogP contribution in [0.1, 0.15) is 10.4 Å². The molecule has 2 aromatic carbocycles. The van der Waals surface area contributed by atoms with Gasteiger partial charge >= 0.3 is 0 Å². The van der Waals surface area contributed by atoms with Crippen LogP contribution in [-0.2, 0) is 0 Å². The SMILES string of the molecule is COc1ccc(C(=O)Nc2cc(F)ccc2F)c(N)c1. The zero-order valence-corrected chi connectivity index (χ0v) is 10.6. The van der Waals surface area contributed by atoms with Crippen LogP contribution in [0.25, 0.3) is 0 Å². The monoisotopic (exact) mass is 278 g/mol. The molecule has 0 aliphatic rings. The van der Waals surface area contributed by atoms with Gasteiger partial charge in [-0.15, -0.1) is 0 Å². The first-order valence-corrected chi connectivity index (χ1v) is 5.71. The van der Waals surface area contributed by atoms with E-state index < -0.39 is 17.5 Å². The number of carbonyl (C=O) groups is 1. The molecule has 0 spiro atoms. The third-order valence-corrected chi connectivity index (χ3v) is 2.68. The van der Waals surface area contributed by atoms with Crippen molar-refractivity contribution in [2.24, 2.45) is 0 Å². The Morgan fingerprint density at radius 3 is 2.60 bits per heavy atom. The Balaban J connectivity index is 2.26. The van der Waals surface area contributed by atoms with Crippen LogP contribution < -0.4 is 15.8 Å². The predicted molar refractivity (Wildman–Crippen MR) is 71.7 cm³/mol. The molecule has 2 rings (SSSR count). The van der Waals surface area contributed by atoms with Crippen molar-refractivity contribution in [3.8, 4) is 5.75 Å². The molecule has 4 nitrogen and oxygen atoms in total. The quantitative estimate of drug-likeness (QED) is 0.848. The lowest BCUT2D eigenvalue weighted by Crippen LogP contribution is -2.15. The normalized spacial score (nSPS) is 10.2. The van der Waals surface area contributed by atoms with Gasteiger partial charge in [0, 0.05) is 17.8 Å². The zero-order chi connectivity index (χ0) is 14.7. The minimum Gasteiger partial charge on any atom is -0.497 e. The molecule has 3 N–H and O–H groups in total. The summed E-state index contributed by atoms with van der Waals surface area (Å²) in [6, 6.07) is 7.26. The Kier molecular flexibility index (Phi) is 3.84. The van der Waals surface area contributed by atoms with E-state index in [0.717, 1.165) is 18.2 Å². The van der Waals surface area contributed by atoms with Crippen molar-refractivity contribution < 1.29 is 18.3 Å². The van der Waals surface area contributed by atoms with Gasteiger partial charge in [0.15, 0.2) is 0 Å². The maximum atomic E-state index is 13.4. The summed E-state index contributed by atoms with van der Waals surface area (Å²) in [5.74, 6) is -1.51. The van der Waals surface area contributed by atoms with E-state index in [1.54, 1.807) is 6.07 Å². The van der Waals surface area contributed by atoms with Gasteiger partial charge in [-0.1, -0.05) is 0 Å². The van der Waals surface area contributed by atoms with Gasteiger partial charge in [-0.3, -0.25) is 4.79 Å². The number of anilines is 2. The van der Waals surface area contributed by atoms with E-state index in [2.05, 4.69) is 5.32 Å². The van der Waals surface area contributed by atoms with Crippen molar-refractivity contribution in [3.63, 3.8) is 0 Å². The second kappa shape index (κ2) is 5.56. The number of nitrogens with two attached hydrogens (primary N) is 1. The Hall–Kier alpha value is -2.63. The molecule has 0 unspecified atom stereocenters. The van der Waals surface area contributed by atoms with Crippen LogP contribution in [-0.4, -0.2) is 13.0 Å². The lowest BCUT2D eigenvalue weighted by Gasteiger charge is -2.09. The molecule has 6 heteroatoms. The zero-order valence-electron chi connectivity index (χ0n) is 10.6. The van der Waals surface area contributed by atoms with Gasteiger partial charge in [-0.25, -0.2) is 8.78 Å². The Bertz CT molecular complexity index is 660. The largest absolute Gasteiger partial charge is 0.497 e. The Morgan fingerprint density at radius 1 is 1.20 bits per heavy atom. The maximum Gasteiger partial charge on any atom is 0.257 e. The predicted octanol–water partition coefficient (Wildman–Crippen LogP) is 2.81. The maximum absolute atomic E-state index is 13.4. The number of halogens is 2. The van der Waals surface area contributed by atoms with Gasteiger partial charge < -0.3 is 15.8 Å². The number of nitrogens with one attached hydrogen (secondary N) is 1. The van der Waals surface area contributed by atoms with Crippen LogP contribution in [0.15, 0.2) is 36.4 Å². The smallest absolute Gasteiger partial charge is 0.257 e. The van der Waals surface area contributed by atoms with Gasteiger partial charge in [-0.2, -0.15) is 0 Å². The molecule has 0 bridgehead atoms. The molecule has 0 saturated carbocycles. The minimum absolute atomic E-state index is 0.148. The molecule has 0 aliphatic carbocycles. The fourth-order valence-electron chi connectivity index (χ4n) is 1.66. The number of benzene rings is 2. The summed E-state index contributed by atoms with van der Waals surface area (Å²) in [6.45, 7) is 0. The molecule has 20 heavy (non-hydrogen) atoms. The van der Waals surface area contributed by atoms with Crippen LogP contribution in [0, 0.1) is 11.6 Å². The highest BCUT2D eigenvalue weighted by Crippen LogP contribution is 2.22. The molecule has 0 aliphatic heterocycles. The summed E-state index contributed by atoms with van der Waals surface area (Å²) < 4.78 is 31.4. The van der Waals surface area contributed by atoms with Crippen molar-refractivity contribution in [1.82, 2.24) is 0 Å². The highest BCUT2D eigenvalue weighted by molar-refractivity contribution is 6.07. The van der Waals surface area contributed by atoms with E-state index in [4.69, 9.17) is 10.5 Å². The fourth-order valence-corrected chi connectivity index (χ4v) is 1.66. The topological polar surface area (TPSA) is 64.3 Å². The van der Waals surface area contributed by atoms with Gasteiger partial charge in [0.2, 0.25) is 0 Å². The number of rotatable bonds is 3. The molecule has 0 fully saturated rings. The molecule has 0 aromatic heterocycles. The molecule has 0 atom stereocenters. The average Bonchev–Trinajstić information content (AvgIpc) is 2.42. The number of methoxy groups -OCH3 is 1. The van der Waals surface area contributed by atoms with Crippen LogP contribution in [0.4, 0.5) is 20.2 Å². The minimum atomic E-state index is -0.730. The number of hydrogen-bond acceptors (Lipinski definition) is 3. The van der Waals surface area contributed by atoms with Crippen LogP contribution >= 0.6 is 0 Å². The third kappa shape index (κ3) is 2.85.